The smallest absolute Gasteiger partial charge is 0.0125 e. The van der Waals surface area contributed by atoms with Gasteiger partial charge in [-0.05, 0) is 80.1 Å². The molecule has 0 aliphatic rings. The summed E-state index contributed by atoms with van der Waals surface area (Å²) in [7, 11) is 0. The molecule has 1 atom stereocenters. The minimum absolute atomic E-state index is 0.266. The quantitative estimate of drug-likeness (QED) is 0.836. The van der Waals surface area contributed by atoms with Crippen molar-refractivity contribution in [2.24, 2.45) is 5.73 Å². The van der Waals surface area contributed by atoms with Crippen molar-refractivity contribution >= 4 is 11.8 Å². The van der Waals surface area contributed by atoms with E-state index >= 15 is 0 Å². The van der Waals surface area contributed by atoms with Crippen molar-refractivity contribution in [1.29, 1.82) is 0 Å². The Morgan fingerprint density at radius 1 is 0.905 bits per heavy atom. The number of nitrogens with two attached hydrogens (primary N) is 1. The van der Waals surface area contributed by atoms with Crippen LogP contribution in [0.3, 0.4) is 0 Å². The maximum atomic E-state index is 6.06. The second kappa shape index (κ2) is 7.15. The highest BCUT2D eigenvalue weighted by Crippen LogP contribution is 2.30. The van der Waals surface area contributed by atoms with Gasteiger partial charge in [0.05, 0.1) is 0 Å². The molecule has 0 bridgehead atoms. The van der Waals surface area contributed by atoms with E-state index in [-0.39, 0.29) is 6.04 Å². The summed E-state index contributed by atoms with van der Waals surface area (Å²) in [5, 5.41) is 0. The molecule has 0 heterocycles. The average Bonchev–Trinajstić information content (AvgIpc) is 2.45. The molecule has 2 aromatic rings. The molecule has 0 saturated carbocycles. The Labute approximate surface area is 133 Å². The minimum Gasteiger partial charge on any atom is -0.327 e. The summed E-state index contributed by atoms with van der Waals surface area (Å²) < 4.78 is 0. The van der Waals surface area contributed by atoms with E-state index in [0.717, 1.165) is 12.8 Å². The van der Waals surface area contributed by atoms with Crippen LogP contribution in [0.4, 0.5) is 0 Å². The van der Waals surface area contributed by atoms with E-state index in [1.165, 1.54) is 32.0 Å². The molecule has 2 rings (SSSR count). The molecule has 0 amide bonds. The molecular formula is C19H25NS. The summed E-state index contributed by atoms with van der Waals surface area (Å²) in [4.78, 5) is 2.60. The molecule has 0 radical (unpaired) electrons. The van der Waals surface area contributed by atoms with Gasteiger partial charge in [0.15, 0.2) is 0 Å². The zero-order valence-electron chi connectivity index (χ0n) is 13.4. The molecular weight excluding hydrogens is 274 g/mol. The molecule has 0 spiro atoms. The second-order valence-electron chi connectivity index (χ2n) is 5.81. The van der Waals surface area contributed by atoms with Crippen molar-refractivity contribution in [3.63, 3.8) is 0 Å². The van der Waals surface area contributed by atoms with E-state index in [9.17, 15) is 0 Å². The van der Waals surface area contributed by atoms with Crippen molar-refractivity contribution in [3.05, 3.63) is 58.7 Å². The van der Waals surface area contributed by atoms with Crippen molar-refractivity contribution in [2.45, 2.75) is 56.4 Å². The number of hydrogen-bond acceptors (Lipinski definition) is 2. The molecule has 1 unspecified atom stereocenters. The van der Waals surface area contributed by atoms with Gasteiger partial charge in [-0.25, -0.2) is 0 Å². The van der Waals surface area contributed by atoms with Crippen LogP contribution in [0.15, 0.2) is 46.2 Å². The third kappa shape index (κ3) is 4.36. The van der Waals surface area contributed by atoms with Crippen LogP contribution in [0.1, 0.15) is 35.6 Å². The van der Waals surface area contributed by atoms with Gasteiger partial charge in [-0.2, -0.15) is 0 Å². The molecule has 0 aromatic heterocycles. The van der Waals surface area contributed by atoms with Gasteiger partial charge in [-0.15, -0.1) is 0 Å². The Kier molecular flexibility index (Phi) is 5.49. The lowest BCUT2D eigenvalue weighted by molar-refractivity contribution is 0.644. The minimum atomic E-state index is 0.266. The summed E-state index contributed by atoms with van der Waals surface area (Å²) >= 11 is 1.83. The standard InChI is InChI=1S/C19H25NS/c1-5-17(20)12-16-7-9-19(11-15(16)4)21-18-8-6-13(2)14(3)10-18/h6-11,17H,5,12,20H2,1-4H3. The highest BCUT2D eigenvalue weighted by molar-refractivity contribution is 7.99. The van der Waals surface area contributed by atoms with Crippen LogP contribution in [0.25, 0.3) is 0 Å². The first-order valence-electron chi connectivity index (χ1n) is 7.59. The lowest BCUT2D eigenvalue weighted by Gasteiger charge is -2.13. The van der Waals surface area contributed by atoms with Gasteiger partial charge in [0.25, 0.3) is 0 Å². The number of aryl methyl sites for hydroxylation is 3. The predicted octanol–water partition coefficient (Wildman–Crippen LogP) is 5.04. The van der Waals surface area contributed by atoms with Gasteiger partial charge in [0, 0.05) is 15.8 Å². The van der Waals surface area contributed by atoms with Gasteiger partial charge < -0.3 is 5.73 Å². The summed E-state index contributed by atoms with van der Waals surface area (Å²) in [5.41, 5.74) is 11.5. The van der Waals surface area contributed by atoms with Crippen molar-refractivity contribution in [3.8, 4) is 0 Å². The fourth-order valence-corrected chi connectivity index (χ4v) is 3.32. The first-order chi connectivity index (χ1) is 9.99. The van der Waals surface area contributed by atoms with Crippen molar-refractivity contribution < 1.29 is 0 Å². The van der Waals surface area contributed by atoms with E-state index in [4.69, 9.17) is 5.73 Å². The van der Waals surface area contributed by atoms with Gasteiger partial charge in [-0.1, -0.05) is 30.8 Å². The fourth-order valence-electron chi connectivity index (χ4n) is 2.30. The second-order valence-corrected chi connectivity index (χ2v) is 6.96. The van der Waals surface area contributed by atoms with Gasteiger partial charge in [0.2, 0.25) is 0 Å². The van der Waals surface area contributed by atoms with E-state index in [2.05, 4.69) is 64.1 Å². The van der Waals surface area contributed by atoms with Crippen LogP contribution in [-0.2, 0) is 6.42 Å². The molecule has 0 fully saturated rings. The van der Waals surface area contributed by atoms with Crippen molar-refractivity contribution in [1.82, 2.24) is 0 Å². The van der Waals surface area contributed by atoms with Gasteiger partial charge >= 0.3 is 0 Å². The van der Waals surface area contributed by atoms with Crippen LogP contribution < -0.4 is 5.73 Å². The normalized spacial score (nSPS) is 12.4. The molecule has 2 aromatic carbocycles. The lowest BCUT2D eigenvalue weighted by atomic mass is 10.0. The highest BCUT2D eigenvalue weighted by Gasteiger charge is 2.06. The fraction of sp³-hybridized carbons (Fsp3) is 0.368. The predicted molar refractivity (Wildman–Crippen MR) is 93.2 cm³/mol. The molecule has 1 nitrogen and oxygen atoms in total. The monoisotopic (exact) mass is 299 g/mol. The Bertz CT molecular complexity index is 619. The third-order valence-corrected chi connectivity index (χ3v) is 5.01. The van der Waals surface area contributed by atoms with E-state index in [1.54, 1.807) is 0 Å². The van der Waals surface area contributed by atoms with Crippen LogP contribution in [0, 0.1) is 20.8 Å². The Morgan fingerprint density at radius 3 is 2.10 bits per heavy atom. The molecule has 112 valence electrons. The zero-order chi connectivity index (χ0) is 15.4. The molecule has 21 heavy (non-hydrogen) atoms. The molecule has 0 aliphatic carbocycles. The first kappa shape index (κ1) is 16.1. The summed E-state index contributed by atoms with van der Waals surface area (Å²) in [6.45, 7) is 8.64. The van der Waals surface area contributed by atoms with E-state index in [1.807, 2.05) is 11.8 Å². The molecule has 0 saturated heterocycles. The number of benzene rings is 2. The topological polar surface area (TPSA) is 26.0 Å². The van der Waals surface area contributed by atoms with Crippen LogP contribution >= 0.6 is 11.8 Å². The SMILES string of the molecule is CCC(N)Cc1ccc(Sc2ccc(C)c(C)c2)cc1C. The maximum Gasteiger partial charge on any atom is 0.0125 e. The third-order valence-electron chi connectivity index (χ3n) is 4.03. The van der Waals surface area contributed by atoms with Crippen molar-refractivity contribution in [2.75, 3.05) is 0 Å². The Hall–Kier alpha value is -1.25. The van der Waals surface area contributed by atoms with Crippen LogP contribution in [-0.4, -0.2) is 6.04 Å². The number of hydrogen-bond donors (Lipinski definition) is 1. The Morgan fingerprint density at radius 2 is 1.52 bits per heavy atom. The lowest BCUT2D eigenvalue weighted by Crippen LogP contribution is -2.21. The highest BCUT2D eigenvalue weighted by atomic mass is 32.2. The summed E-state index contributed by atoms with van der Waals surface area (Å²) in [6, 6.07) is 13.6. The maximum absolute atomic E-state index is 6.06. The first-order valence-corrected chi connectivity index (χ1v) is 8.41. The van der Waals surface area contributed by atoms with Gasteiger partial charge in [0.1, 0.15) is 0 Å². The van der Waals surface area contributed by atoms with Crippen LogP contribution in [0.2, 0.25) is 0 Å². The largest absolute Gasteiger partial charge is 0.327 e. The molecule has 0 aliphatic heterocycles. The average molecular weight is 299 g/mol. The van der Waals surface area contributed by atoms with E-state index < -0.39 is 0 Å². The molecule has 2 heteroatoms. The summed E-state index contributed by atoms with van der Waals surface area (Å²) in [6.07, 6.45) is 2.00. The number of rotatable bonds is 5. The summed E-state index contributed by atoms with van der Waals surface area (Å²) in [5.74, 6) is 0. The van der Waals surface area contributed by atoms with Crippen LogP contribution in [0.5, 0.6) is 0 Å². The zero-order valence-corrected chi connectivity index (χ0v) is 14.3. The van der Waals surface area contributed by atoms with Gasteiger partial charge in [-0.3, -0.25) is 0 Å². The Balaban J connectivity index is 2.14. The van der Waals surface area contributed by atoms with E-state index in [0.29, 0.717) is 0 Å². The molecule has 2 N–H and O–H groups in total.